The number of rotatable bonds is 2. The largest absolute Gasteiger partial charge is 0.354 e. The first-order chi connectivity index (χ1) is 7.72. The van der Waals surface area contributed by atoms with Gasteiger partial charge in [-0.2, -0.15) is 0 Å². The summed E-state index contributed by atoms with van der Waals surface area (Å²) in [6, 6.07) is 4.74. The molecule has 1 saturated heterocycles. The Kier molecular flexibility index (Phi) is 3.44. The maximum atomic E-state index is 5.79. The van der Waals surface area contributed by atoms with Crippen LogP contribution in [0.4, 0.5) is 5.82 Å². The zero-order valence-corrected chi connectivity index (χ0v) is 10.2. The first kappa shape index (κ1) is 11.4. The molecule has 0 aliphatic carbocycles. The average molecular weight is 219 g/mol. The van der Waals surface area contributed by atoms with E-state index in [1.807, 2.05) is 13.0 Å². The number of aromatic nitrogens is 1. The highest BCUT2D eigenvalue weighted by molar-refractivity contribution is 5.49. The number of nitrogens with two attached hydrogens (primary N) is 1. The smallest absolute Gasteiger partial charge is 0.133 e. The second-order valence-corrected chi connectivity index (χ2v) is 4.68. The monoisotopic (exact) mass is 219 g/mol. The molecule has 16 heavy (non-hydrogen) atoms. The fourth-order valence-electron chi connectivity index (χ4n) is 2.39. The first-order valence-corrected chi connectivity index (χ1v) is 6.15. The minimum Gasteiger partial charge on any atom is -0.354 e. The number of piperidine rings is 1. The summed E-state index contributed by atoms with van der Waals surface area (Å²) in [5, 5.41) is 0. The van der Waals surface area contributed by atoms with Crippen molar-refractivity contribution in [3.8, 4) is 0 Å². The van der Waals surface area contributed by atoms with Crippen LogP contribution in [-0.2, 0) is 6.54 Å². The van der Waals surface area contributed by atoms with E-state index in [1.54, 1.807) is 0 Å². The van der Waals surface area contributed by atoms with Crippen LogP contribution in [0.5, 0.6) is 0 Å². The number of aryl methyl sites for hydroxylation is 1. The van der Waals surface area contributed by atoms with Crippen LogP contribution >= 0.6 is 0 Å². The number of hydrogen-bond acceptors (Lipinski definition) is 3. The van der Waals surface area contributed by atoms with Gasteiger partial charge < -0.3 is 10.6 Å². The standard InChI is InChI=1S/C13H21N3/c1-10-6-7-12(9-14)13(15-10)16-8-4-3-5-11(16)2/h6-7,11H,3-5,8-9,14H2,1-2H3. The Morgan fingerprint density at radius 2 is 2.25 bits per heavy atom. The zero-order chi connectivity index (χ0) is 11.5. The Balaban J connectivity index is 2.33. The lowest BCUT2D eigenvalue weighted by atomic mass is 10.0. The molecular weight excluding hydrogens is 198 g/mol. The quantitative estimate of drug-likeness (QED) is 0.829. The highest BCUT2D eigenvalue weighted by Crippen LogP contribution is 2.26. The predicted octanol–water partition coefficient (Wildman–Crippen LogP) is 2.23. The number of hydrogen-bond donors (Lipinski definition) is 1. The summed E-state index contributed by atoms with van der Waals surface area (Å²) in [6.45, 7) is 6.01. The van der Waals surface area contributed by atoms with Gasteiger partial charge in [0.1, 0.15) is 5.82 Å². The molecule has 0 radical (unpaired) electrons. The lowest BCUT2D eigenvalue weighted by Crippen LogP contribution is -2.38. The van der Waals surface area contributed by atoms with Crippen molar-refractivity contribution in [3.05, 3.63) is 23.4 Å². The SMILES string of the molecule is Cc1ccc(CN)c(N2CCCCC2C)n1. The van der Waals surface area contributed by atoms with Crippen molar-refractivity contribution in [2.24, 2.45) is 5.73 Å². The Bertz CT molecular complexity index is 362. The highest BCUT2D eigenvalue weighted by Gasteiger charge is 2.21. The minimum absolute atomic E-state index is 0.575. The van der Waals surface area contributed by atoms with Crippen LogP contribution in [0.2, 0.25) is 0 Å². The summed E-state index contributed by atoms with van der Waals surface area (Å²) in [5.74, 6) is 1.11. The third-order valence-corrected chi connectivity index (χ3v) is 3.39. The van der Waals surface area contributed by atoms with Crippen LogP contribution < -0.4 is 10.6 Å². The molecule has 0 saturated carbocycles. The molecule has 2 heterocycles. The molecule has 1 fully saturated rings. The molecule has 0 spiro atoms. The molecule has 1 aliphatic heterocycles. The van der Waals surface area contributed by atoms with Crippen LogP contribution in [0.15, 0.2) is 12.1 Å². The topological polar surface area (TPSA) is 42.1 Å². The Labute approximate surface area is 97.7 Å². The molecule has 1 atom stereocenters. The van der Waals surface area contributed by atoms with E-state index in [-0.39, 0.29) is 0 Å². The van der Waals surface area contributed by atoms with Crippen LogP contribution in [0, 0.1) is 6.92 Å². The van der Waals surface area contributed by atoms with E-state index < -0.39 is 0 Å². The Hall–Kier alpha value is -1.09. The number of anilines is 1. The van der Waals surface area contributed by atoms with Gasteiger partial charge in [-0.25, -0.2) is 4.98 Å². The van der Waals surface area contributed by atoms with Crippen LogP contribution in [-0.4, -0.2) is 17.6 Å². The van der Waals surface area contributed by atoms with Gasteiger partial charge in [0.2, 0.25) is 0 Å². The van der Waals surface area contributed by atoms with Crippen LogP contribution in [0.1, 0.15) is 37.4 Å². The summed E-state index contributed by atoms with van der Waals surface area (Å²) < 4.78 is 0. The van der Waals surface area contributed by atoms with Gasteiger partial charge in [0.05, 0.1) is 0 Å². The summed E-state index contributed by atoms with van der Waals surface area (Å²) >= 11 is 0. The van der Waals surface area contributed by atoms with E-state index in [0.717, 1.165) is 18.1 Å². The maximum absolute atomic E-state index is 5.79. The summed E-state index contributed by atoms with van der Waals surface area (Å²) in [4.78, 5) is 7.08. The molecule has 2 rings (SSSR count). The van der Waals surface area contributed by atoms with Crippen molar-refractivity contribution in [1.29, 1.82) is 0 Å². The molecule has 0 aromatic carbocycles. The normalized spacial score (nSPS) is 21.2. The van der Waals surface area contributed by atoms with Crippen LogP contribution in [0.3, 0.4) is 0 Å². The van der Waals surface area contributed by atoms with E-state index >= 15 is 0 Å². The van der Waals surface area contributed by atoms with Crippen molar-refractivity contribution >= 4 is 5.82 Å². The van der Waals surface area contributed by atoms with Gasteiger partial charge in [-0.15, -0.1) is 0 Å². The molecule has 1 aliphatic rings. The van der Waals surface area contributed by atoms with E-state index in [0.29, 0.717) is 12.6 Å². The maximum Gasteiger partial charge on any atom is 0.133 e. The number of pyridine rings is 1. The second-order valence-electron chi connectivity index (χ2n) is 4.68. The summed E-state index contributed by atoms with van der Waals surface area (Å²) in [6.07, 6.45) is 3.87. The van der Waals surface area contributed by atoms with Crippen molar-refractivity contribution in [3.63, 3.8) is 0 Å². The molecular formula is C13H21N3. The van der Waals surface area contributed by atoms with Crippen molar-refractivity contribution in [2.45, 2.75) is 45.7 Å². The molecule has 3 nitrogen and oxygen atoms in total. The van der Waals surface area contributed by atoms with Gasteiger partial charge >= 0.3 is 0 Å². The van der Waals surface area contributed by atoms with E-state index in [1.165, 1.54) is 24.8 Å². The summed E-state index contributed by atoms with van der Waals surface area (Å²) in [7, 11) is 0. The molecule has 1 aromatic heterocycles. The molecule has 0 bridgehead atoms. The van der Waals surface area contributed by atoms with Crippen molar-refractivity contribution < 1.29 is 0 Å². The fourth-order valence-corrected chi connectivity index (χ4v) is 2.39. The van der Waals surface area contributed by atoms with Gasteiger partial charge in [-0.1, -0.05) is 6.07 Å². The van der Waals surface area contributed by atoms with E-state index in [2.05, 4.69) is 22.9 Å². The lowest BCUT2D eigenvalue weighted by Gasteiger charge is -2.35. The van der Waals surface area contributed by atoms with Gasteiger partial charge in [-0.05, 0) is 39.2 Å². The molecule has 1 aromatic rings. The minimum atomic E-state index is 0.575. The first-order valence-electron chi connectivity index (χ1n) is 6.15. The molecule has 0 amide bonds. The summed E-state index contributed by atoms with van der Waals surface area (Å²) in [5.41, 5.74) is 8.03. The highest BCUT2D eigenvalue weighted by atomic mass is 15.2. The average Bonchev–Trinajstić information content (AvgIpc) is 2.29. The third-order valence-electron chi connectivity index (χ3n) is 3.39. The number of nitrogens with zero attached hydrogens (tertiary/aromatic N) is 2. The Morgan fingerprint density at radius 3 is 2.94 bits per heavy atom. The van der Waals surface area contributed by atoms with Gasteiger partial charge in [0.15, 0.2) is 0 Å². The third kappa shape index (κ3) is 2.19. The van der Waals surface area contributed by atoms with Crippen LogP contribution in [0.25, 0.3) is 0 Å². The van der Waals surface area contributed by atoms with Gasteiger partial charge in [0, 0.05) is 30.4 Å². The fraction of sp³-hybridized carbons (Fsp3) is 0.615. The Morgan fingerprint density at radius 1 is 1.44 bits per heavy atom. The predicted molar refractivity (Wildman–Crippen MR) is 67.5 cm³/mol. The van der Waals surface area contributed by atoms with Crippen molar-refractivity contribution in [1.82, 2.24) is 4.98 Å². The molecule has 2 N–H and O–H groups in total. The molecule has 3 heteroatoms. The van der Waals surface area contributed by atoms with E-state index in [4.69, 9.17) is 5.73 Å². The lowest BCUT2D eigenvalue weighted by molar-refractivity contribution is 0.479. The molecule has 88 valence electrons. The van der Waals surface area contributed by atoms with Crippen molar-refractivity contribution in [2.75, 3.05) is 11.4 Å². The van der Waals surface area contributed by atoms with Gasteiger partial charge in [-0.3, -0.25) is 0 Å². The second kappa shape index (κ2) is 4.83. The molecule has 1 unspecified atom stereocenters. The van der Waals surface area contributed by atoms with E-state index in [9.17, 15) is 0 Å². The van der Waals surface area contributed by atoms with Gasteiger partial charge in [0.25, 0.3) is 0 Å². The zero-order valence-electron chi connectivity index (χ0n) is 10.2.